The number of phenolic OH excluding ortho intramolecular Hbond substituents is 2. The number of benzene rings is 1. The predicted octanol–water partition coefficient (Wildman–Crippen LogP) is 1.83. The Hall–Kier alpha value is -3.27. The molecule has 0 unspecified atom stereocenters. The number of nitriles is 1. The number of hydrogen-bond acceptors (Lipinski definition) is 6. The van der Waals surface area contributed by atoms with Crippen molar-refractivity contribution < 1.29 is 24.5 Å². The summed E-state index contributed by atoms with van der Waals surface area (Å²) in [6.07, 6.45) is 3.18. The Morgan fingerprint density at radius 2 is 2.09 bits per heavy atom. The summed E-state index contributed by atoms with van der Waals surface area (Å²) < 4.78 is 4.53. The van der Waals surface area contributed by atoms with E-state index in [1.54, 1.807) is 13.0 Å². The molecule has 0 atom stereocenters. The van der Waals surface area contributed by atoms with Gasteiger partial charge in [0.15, 0.2) is 11.5 Å². The van der Waals surface area contributed by atoms with E-state index in [9.17, 15) is 19.8 Å². The highest BCUT2D eigenvalue weighted by atomic mass is 16.5. The third-order valence-corrected chi connectivity index (χ3v) is 2.41. The normalized spacial score (nSPS) is 11.0. The second-order valence-corrected chi connectivity index (χ2v) is 3.97. The molecule has 22 heavy (non-hydrogen) atoms. The minimum absolute atomic E-state index is 0.106. The number of nitrogens with one attached hydrogen (secondary N) is 1. The molecule has 0 aliphatic carbocycles. The number of amides is 2. The molecule has 3 N–H and O–H groups in total. The summed E-state index contributed by atoms with van der Waals surface area (Å²) >= 11 is 0. The summed E-state index contributed by atoms with van der Waals surface area (Å²) in [4.78, 5) is 22.7. The summed E-state index contributed by atoms with van der Waals surface area (Å²) in [6, 6.07) is 5.80. The predicted molar refractivity (Wildman–Crippen MR) is 77.7 cm³/mol. The quantitative estimate of drug-likeness (QED) is 0.338. The molecule has 1 rings (SSSR count). The highest BCUT2D eigenvalue weighted by Crippen LogP contribution is 2.25. The van der Waals surface area contributed by atoms with Crippen LogP contribution in [0, 0.1) is 11.3 Å². The summed E-state index contributed by atoms with van der Waals surface area (Å²) in [6.45, 7) is 1.69. The Labute approximate surface area is 126 Å². The van der Waals surface area contributed by atoms with Gasteiger partial charge < -0.3 is 14.9 Å². The molecular formula is C15H14N2O5. The molecule has 1 aromatic rings. The summed E-state index contributed by atoms with van der Waals surface area (Å²) in [5.41, 5.74) is 0.266. The van der Waals surface area contributed by atoms with Gasteiger partial charge in [0, 0.05) is 0 Å². The molecule has 7 heteroatoms. The SMILES string of the molecule is CCOC(=O)NC(=O)C(C#N)=CC=Cc1ccc(O)c(O)c1. The zero-order valence-corrected chi connectivity index (χ0v) is 11.7. The van der Waals surface area contributed by atoms with Gasteiger partial charge in [-0.25, -0.2) is 4.79 Å². The number of ether oxygens (including phenoxy) is 1. The van der Waals surface area contributed by atoms with E-state index in [2.05, 4.69) is 4.74 Å². The zero-order valence-electron chi connectivity index (χ0n) is 11.7. The molecular weight excluding hydrogens is 288 g/mol. The first-order chi connectivity index (χ1) is 10.5. The van der Waals surface area contributed by atoms with Gasteiger partial charge >= 0.3 is 6.09 Å². The molecule has 1 aromatic carbocycles. The van der Waals surface area contributed by atoms with Crippen LogP contribution in [-0.2, 0) is 9.53 Å². The number of carbonyl (C=O) groups is 2. The molecule has 0 spiro atoms. The van der Waals surface area contributed by atoms with Crippen LogP contribution in [0.1, 0.15) is 12.5 Å². The van der Waals surface area contributed by atoms with E-state index >= 15 is 0 Å². The minimum atomic E-state index is -0.930. The van der Waals surface area contributed by atoms with Crippen LogP contribution in [0.2, 0.25) is 0 Å². The molecule has 0 aliphatic rings. The molecule has 2 amide bonds. The second kappa shape index (κ2) is 8.11. The summed E-state index contributed by atoms with van der Waals surface area (Å²) in [5, 5.41) is 29.3. The summed E-state index contributed by atoms with van der Waals surface area (Å²) in [7, 11) is 0. The first-order valence-electron chi connectivity index (χ1n) is 6.26. The van der Waals surface area contributed by atoms with Gasteiger partial charge in [0.05, 0.1) is 6.61 Å². The highest BCUT2D eigenvalue weighted by Gasteiger charge is 2.12. The van der Waals surface area contributed by atoms with Crippen molar-refractivity contribution in [3.05, 3.63) is 41.5 Å². The second-order valence-electron chi connectivity index (χ2n) is 3.97. The van der Waals surface area contributed by atoms with Crippen molar-refractivity contribution in [1.82, 2.24) is 5.32 Å². The number of alkyl carbamates (subject to hydrolysis) is 1. The van der Waals surface area contributed by atoms with Crippen molar-refractivity contribution in [3.8, 4) is 17.6 Å². The third-order valence-electron chi connectivity index (χ3n) is 2.41. The van der Waals surface area contributed by atoms with E-state index in [0.717, 1.165) is 0 Å². The largest absolute Gasteiger partial charge is 0.504 e. The van der Waals surface area contributed by atoms with Gasteiger partial charge in [-0.15, -0.1) is 0 Å². The van der Waals surface area contributed by atoms with Crippen molar-refractivity contribution in [2.75, 3.05) is 6.61 Å². The number of imide groups is 1. The Morgan fingerprint density at radius 1 is 1.36 bits per heavy atom. The first kappa shape index (κ1) is 16.8. The van der Waals surface area contributed by atoms with Gasteiger partial charge in [0.1, 0.15) is 11.6 Å². The molecule has 0 fully saturated rings. The Bertz CT molecular complexity index is 671. The van der Waals surface area contributed by atoms with Crippen molar-refractivity contribution >= 4 is 18.1 Å². The molecule has 0 saturated carbocycles. The van der Waals surface area contributed by atoms with E-state index in [0.29, 0.717) is 5.56 Å². The molecule has 0 aliphatic heterocycles. The first-order valence-corrected chi connectivity index (χ1v) is 6.26. The van der Waals surface area contributed by atoms with E-state index in [1.807, 2.05) is 5.32 Å². The lowest BCUT2D eigenvalue weighted by molar-refractivity contribution is -0.116. The van der Waals surface area contributed by atoms with Crippen LogP contribution in [0.3, 0.4) is 0 Å². The van der Waals surface area contributed by atoms with Gasteiger partial charge in [0.2, 0.25) is 0 Å². The van der Waals surface area contributed by atoms with Gasteiger partial charge in [0.25, 0.3) is 5.91 Å². The van der Waals surface area contributed by atoms with E-state index in [1.165, 1.54) is 36.4 Å². The van der Waals surface area contributed by atoms with Crippen LogP contribution in [0.5, 0.6) is 11.5 Å². The van der Waals surface area contributed by atoms with Crippen molar-refractivity contribution in [1.29, 1.82) is 5.26 Å². The molecule has 0 bridgehead atoms. The average molecular weight is 302 g/mol. The number of nitrogens with zero attached hydrogens (tertiary/aromatic N) is 1. The van der Waals surface area contributed by atoms with Crippen LogP contribution in [-0.4, -0.2) is 28.8 Å². The van der Waals surface area contributed by atoms with Gasteiger partial charge in [-0.05, 0) is 30.7 Å². The van der Waals surface area contributed by atoms with Crippen LogP contribution in [0.4, 0.5) is 4.79 Å². The smallest absolute Gasteiger partial charge is 0.414 e. The van der Waals surface area contributed by atoms with Crippen LogP contribution in [0.15, 0.2) is 35.9 Å². The summed E-state index contributed by atoms with van der Waals surface area (Å²) in [5.74, 6) is -1.41. The van der Waals surface area contributed by atoms with E-state index in [-0.39, 0.29) is 23.7 Å². The number of aromatic hydroxyl groups is 2. The number of phenols is 2. The maximum atomic E-state index is 11.6. The monoisotopic (exact) mass is 302 g/mol. The molecule has 0 heterocycles. The number of carbonyl (C=O) groups excluding carboxylic acids is 2. The van der Waals surface area contributed by atoms with Crippen LogP contribution >= 0.6 is 0 Å². The number of allylic oxidation sites excluding steroid dienone is 2. The van der Waals surface area contributed by atoms with Crippen molar-refractivity contribution in [3.63, 3.8) is 0 Å². The molecule has 0 radical (unpaired) electrons. The highest BCUT2D eigenvalue weighted by molar-refractivity contribution is 6.05. The standard InChI is InChI=1S/C15H14N2O5/c1-2-22-15(21)17-14(20)11(9-16)5-3-4-10-6-7-12(18)13(19)8-10/h3-8,18-19H,2H2,1H3,(H,17,20,21). The van der Waals surface area contributed by atoms with Crippen LogP contribution < -0.4 is 5.32 Å². The van der Waals surface area contributed by atoms with Gasteiger partial charge in [-0.2, -0.15) is 5.26 Å². The third kappa shape index (κ3) is 5.02. The van der Waals surface area contributed by atoms with E-state index in [4.69, 9.17) is 5.26 Å². The topological polar surface area (TPSA) is 120 Å². The number of hydrogen-bond donors (Lipinski definition) is 3. The molecule has 114 valence electrons. The lowest BCUT2D eigenvalue weighted by Gasteiger charge is -2.02. The molecule has 0 saturated heterocycles. The molecule has 7 nitrogen and oxygen atoms in total. The zero-order chi connectivity index (χ0) is 16.5. The fourth-order valence-electron chi connectivity index (χ4n) is 1.39. The average Bonchev–Trinajstić information content (AvgIpc) is 2.47. The van der Waals surface area contributed by atoms with Crippen molar-refractivity contribution in [2.45, 2.75) is 6.92 Å². The van der Waals surface area contributed by atoms with Crippen LogP contribution in [0.25, 0.3) is 6.08 Å². The maximum Gasteiger partial charge on any atom is 0.414 e. The van der Waals surface area contributed by atoms with Crippen molar-refractivity contribution in [2.24, 2.45) is 0 Å². The lowest BCUT2D eigenvalue weighted by atomic mass is 10.1. The Balaban J connectivity index is 2.78. The van der Waals surface area contributed by atoms with Gasteiger partial charge in [-0.1, -0.05) is 18.2 Å². The maximum absolute atomic E-state index is 11.6. The Kier molecular flexibility index (Phi) is 6.19. The fourth-order valence-corrected chi connectivity index (χ4v) is 1.39. The fraction of sp³-hybridized carbons (Fsp3) is 0.133. The lowest BCUT2D eigenvalue weighted by Crippen LogP contribution is -2.31. The van der Waals surface area contributed by atoms with Gasteiger partial charge in [-0.3, -0.25) is 10.1 Å². The molecule has 0 aromatic heterocycles. The minimum Gasteiger partial charge on any atom is -0.504 e. The van der Waals surface area contributed by atoms with E-state index < -0.39 is 12.0 Å². The number of rotatable bonds is 4. The Morgan fingerprint density at radius 3 is 2.68 bits per heavy atom.